The van der Waals surface area contributed by atoms with E-state index >= 15 is 0 Å². The van der Waals surface area contributed by atoms with Gasteiger partial charge < -0.3 is 15.0 Å². The number of rotatable bonds is 8. The lowest BCUT2D eigenvalue weighted by Gasteiger charge is -2.36. The van der Waals surface area contributed by atoms with Crippen molar-refractivity contribution in [2.45, 2.75) is 44.6 Å². The van der Waals surface area contributed by atoms with Crippen molar-refractivity contribution in [3.05, 3.63) is 36.2 Å². The highest BCUT2D eigenvalue weighted by Gasteiger charge is 2.54. The molecular weight excluding hydrogens is 480 g/mol. The molecule has 0 radical (unpaired) electrons. The maximum absolute atomic E-state index is 13.1. The normalized spacial score (nSPS) is 16.5. The third kappa shape index (κ3) is 4.26. The first kappa shape index (κ1) is 24.4. The number of fused-ring (bicyclic) bond motifs is 4. The number of amides is 1. The van der Waals surface area contributed by atoms with Gasteiger partial charge in [-0.05, 0) is 31.0 Å². The van der Waals surface area contributed by atoms with Gasteiger partial charge in [0, 0.05) is 37.0 Å². The van der Waals surface area contributed by atoms with Crippen molar-refractivity contribution in [1.82, 2.24) is 20.3 Å². The van der Waals surface area contributed by atoms with Crippen molar-refractivity contribution in [2.24, 2.45) is 0 Å². The Labute approximate surface area is 210 Å². The predicted molar refractivity (Wildman–Crippen MR) is 139 cm³/mol. The summed E-state index contributed by atoms with van der Waals surface area (Å²) < 4.78 is 32.3. The first-order valence-corrected chi connectivity index (χ1v) is 13.9. The second-order valence-electron chi connectivity index (χ2n) is 9.79. The molecule has 190 valence electrons. The Morgan fingerprint density at radius 2 is 1.97 bits per heavy atom. The molecule has 1 saturated carbocycles. The van der Waals surface area contributed by atoms with E-state index in [1.807, 2.05) is 26.0 Å². The average Bonchev–Trinajstić information content (AvgIpc) is 3.03. The minimum absolute atomic E-state index is 0.0972. The van der Waals surface area contributed by atoms with E-state index in [4.69, 9.17) is 9.72 Å². The zero-order valence-corrected chi connectivity index (χ0v) is 21.6. The highest BCUT2D eigenvalue weighted by molar-refractivity contribution is 7.92. The van der Waals surface area contributed by atoms with Gasteiger partial charge in [0.15, 0.2) is 0 Å². The van der Waals surface area contributed by atoms with E-state index in [-0.39, 0.29) is 17.5 Å². The summed E-state index contributed by atoms with van der Waals surface area (Å²) in [7, 11) is -1.78. The summed E-state index contributed by atoms with van der Waals surface area (Å²) in [6.07, 6.45) is 7.05. The summed E-state index contributed by atoms with van der Waals surface area (Å²) in [6, 6.07) is 5.67. The monoisotopic (exact) mass is 510 g/mol. The summed E-state index contributed by atoms with van der Waals surface area (Å²) in [4.78, 5) is 28.6. The highest BCUT2D eigenvalue weighted by atomic mass is 32.2. The molecule has 1 spiro atoms. The predicted octanol–water partition coefficient (Wildman–Crippen LogP) is 2.84. The largest absolute Gasteiger partial charge is 0.475 e. The van der Waals surface area contributed by atoms with Gasteiger partial charge in [-0.3, -0.25) is 14.5 Å². The zero-order chi connectivity index (χ0) is 25.7. The fourth-order valence-electron chi connectivity index (χ4n) is 4.95. The molecule has 0 unspecified atom stereocenters. The molecule has 2 N–H and O–H groups in total. The number of aromatic nitrogens is 3. The van der Waals surface area contributed by atoms with Gasteiger partial charge in [-0.1, -0.05) is 20.3 Å². The Kier molecular flexibility index (Phi) is 6.08. The Balaban J connectivity index is 1.55. The number of ether oxygens (including phenoxy) is 1. The van der Waals surface area contributed by atoms with Gasteiger partial charge in [-0.15, -0.1) is 0 Å². The van der Waals surface area contributed by atoms with Crippen LogP contribution in [0.1, 0.15) is 38.7 Å². The van der Waals surface area contributed by atoms with Crippen molar-refractivity contribution < 1.29 is 17.9 Å². The van der Waals surface area contributed by atoms with E-state index in [2.05, 4.69) is 20.0 Å². The minimum atomic E-state index is -3.57. The second-order valence-corrected chi connectivity index (χ2v) is 11.5. The molecule has 5 rings (SSSR count). The maximum Gasteiger partial charge on any atom is 0.238 e. The summed E-state index contributed by atoms with van der Waals surface area (Å²) in [5.74, 6) is 0.290. The van der Waals surface area contributed by atoms with Crippen LogP contribution in [0, 0.1) is 0 Å². The molecule has 0 aromatic carbocycles. The fourth-order valence-corrected chi connectivity index (χ4v) is 5.50. The van der Waals surface area contributed by atoms with Crippen LogP contribution in [0.2, 0.25) is 0 Å². The first-order chi connectivity index (χ1) is 17.1. The molecule has 0 atom stereocenters. The molecule has 1 aliphatic heterocycles. The van der Waals surface area contributed by atoms with Crippen LogP contribution >= 0.6 is 0 Å². The van der Waals surface area contributed by atoms with Crippen LogP contribution in [0.5, 0.6) is 5.88 Å². The highest BCUT2D eigenvalue weighted by Crippen LogP contribution is 2.54. The topological polar surface area (TPSA) is 126 Å². The number of carbonyl (C=O) groups is 1. The van der Waals surface area contributed by atoms with Crippen molar-refractivity contribution in [1.29, 1.82) is 0 Å². The van der Waals surface area contributed by atoms with E-state index in [1.165, 1.54) is 0 Å². The number of nitrogens with zero attached hydrogens (tertiary/aromatic N) is 4. The van der Waals surface area contributed by atoms with Gasteiger partial charge in [0.25, 0.3) is 0 Å². The lowest BCUT2D eigenvalue weighted by atomic mass is 9.65. The molecule has 10 nitrogen and oxygen atoms in total. The summed E-state index contributed by atoms with van der Waals surface area (Å²) in [6.45, 7) is 5.00. The average molecular weight is 511 g/mol. The molecule has 4 heterocycles. The Bertz CT molecular complexity index is 1450. The molecule has 0 bridgehead atoms. The number of hydrogen-bond acceptors (Lipinski definition) is 8. The van der Waals surface area contributed by atoms with E-state index in [9.17, 15) is 13.2 Å². The standard InChI is InChI=1S/C25H30N6O4S/c1-15(2)26-10-11-35-23-19(30-36(4,33)34)12-16(13-28-23)17-6-7-18-22(29-17)21-20(14-27-18)31(3)24(32)25(21)8-5-9-25/h6-7,12-15,26,30H,5,8-11H2,1-4H3. The number of nitrogens with one attached hydrogen (secondary N) is 2. The summed E-state index contributed by atoms with van der Waals surface area (Å²) in [5, 5.41) is 3.25. The molecule has 3 aromatic rings. The lowest BCUT2D eigenvalue weighted by molar-refractivity contribution is -0.125. The van der Waals surface area contributed by atoms with Crippen molar-refractivity contribution >= 4 is 38.3 Å². The van der Waals surface area contributed by atoms with Gasteiger partial charge in [-0.25, -0.2) is 18.4 Å². The van der Waals surface area contributed by atoms with Gasteiger partial charge in [0.1, 0.15) is 12.3 Å². The van der Waals surface area contributed by atoms with Crippen LogP contribution in [0.4, 0.5) is 11.4 Å². The van der Waals surface area contributed by atoms with Crippen LogP contribution < -0.4 is 19.7 Å². The molecule has 0 saturated heterocycles. The SMILES string of the molecule is CC(C)NCCOc1ncc(-c2ccc3ncc4c(c3n2)C2(CCC2)C(=O)N4C)cc1NS(C)(=O)=O. The van der Waals surface area contributed by atoms with Crippen molar-refractivity contribution in [3.63, 3.8) is 0 Å². The van der Waals surface area contributed by atoms with Crippen LogP contribution in [0.15, 0.2) is 30.6 Å². The van der Waals surface area contributed by atoms with Crippen molar-refractivity contribution in [2.75, 3.05) is 36.1 Å². The maximum atomic E-state index is 13.1. The number of sulfonamides is 1. The van der Waals surface area contributed by atoms with Crippen LogP contribution in [0.3, 0.4) is 0 Å². The first-order valence-electron chi connectivity index (χ1n) is 12.0. The Hall–Kier alpha value is -3.31. The van der Waals surface area contributed by atoms with E-state index in [0.29, 0.717) is 41.5 Å². The van der Waals surface area contributed by atoms with Crippen LogP contribution in [-0.2, 0) is 20.2 Å². The quantitative estimate of drug-likeness (QED) is 0.443. The third-order valence-corrected chi connectivity index (χ3v) is 7.38. The zero-order valence-electron chi connectivity index (χ0n) is 20.8. The van der Waals surface area contributed by atoms with Crippen molar-refractivity contribution in [3.8, 4) is 17.1 Å². The molecule has 1 aliphatic carbocycles. The van der Waals surface area contributed by atoms with E-state index in [0.717, 1.165) is 36.8 Å². The Morgan fingerprint density at radius 1 is 1.19 bits per heavy atom. The van der Waals surface area contributed by atoms with Gasteiger partial charge in [0.05, 0.1) is 40.3 Å². The smallest absolute Gasteiger partial charge is 0.238 e. The molecular formula is C25H30N6O4S. The molecule has 1 amide bonds. The van der Waals surface area contributed by atoms with Gasteiger partial charge >= 0.3 is 0 Å². The van der Waals surface area contributed by atoms with Crippen LogP contribution in [0.25, 0.3) is 22.3 Å². The number of likely N-dealkylation sites (N-methyl/N-ethyl adjacent to an activating group) is 1. The fraction of sp³-hybridized carbons (Fsp3) is 0.440. The minimum Gasteiger partial charge on any atom is -0.475 e. The van der Waals surface area contributed by atoms with Crippen LogP contribution in [-0.4, -0.2) is 61.8 Å². The molecule has 36 heavy (non-hydrogen) atoms. The van der Waals surface area contributed by atoms with E-state index < -0.39 is 15.4 Å². The second kappa shape index (κ2) is 8.97. The number of hydrogen-bond donors (Lipinski definition) is 2. The Morgan fingerprint density at radius 3 is 2.64 bits per heavy atom. The third-order valence-electron chi connectivity index (χ3n) is 6.79. The molecule has 1 fully saturated rings. The number of carbonyl (C=O) groups excluding carboxylic acids is 1. The van der Waals surface area contributed by atoms with Gasteiger partial charge in [0.2, 0.25) is 21.8 Å². The number of anilines is 2. The van der Waals surface area contributed by atoms with E-state index in [1.54, 1.807) is 30.4 Å². The summed E-state index contributed by atoms with van der Waals surface area (Å²) in [5.41, 5.74) is 4.08. The lowest BCUT2D eigenvalue weighted by Crippen LogP contribution is -2.44. The summed E-state index contributed by atoms with van der Waals surface area (Å²) >= 11 is 0. The molecule has 11 heteroatoms. The number of pyridine rings is 3. The molecule has 2 aliphatic rings. The van der Waals surface area contributed by atoms with Gasteiger partial charge in [-0.2, -0.15) is 0 Å². The molecule has 3 aromatic heterocycles.